The Kier molecular flexibility index (Phi) is 9.15. The van der Waals surface area contributed by atoms with Crippen molar-refractivity contribution in [2.24, 2.45) is 0 Å². The van der Waals surface area contributed by atoms with Crippen LogP contribution in [0.25, 0.3) is 11.1 Å². The van der Waals surface area contributed by atoms with E-state index in [0.29, 0.717) is 37.4 Å². The van der Waals surface area contributed by atoms with E-state index in [1.165, 1.54) is 0 Å². The molecule has 2 aromatic carbocycles. The summed E-state index contributed by atoms with van der Waals surface area (Å²) in [6.45, 7) is 2.90. The Labute approximate surface area is 198 Å². The van der Waals surface area contributed by atoms with Gasteiger partial charge in [-0.25, -0.2) is 4.79 Å². The zero-order valence-corrected chi connectivity index (χ0v) is 19.7. The van der Waals surface area contributed by atoms with Crippen LogP contribution in [-0.2, 0) is 22.6 Å². The minimum Gasteiger partial charge on any atom is -0.480 e. The van der Waals surface area contributed by atoms with Gasteiger partial charge >= 0.3 is 5.97 Å². The highest BCUT2D eigenvalue weighted by Crippen LogP contribution is 2.28. The highest BCUT2D eigenvalue weighted by Gasteiger charge is 2.22. The summed E-state index contributed by atoms with van der Waals surface area (Å²) in [5.74, 6) is 0.0939. The molecule has 3 aromatic rings. The molecule has 0 fully saturated rings. The van der Waals surface area contributed by atoms with Gasteiger partial charge in [-0.15, -0.1) is 0 Å². The average molecular weight is 468 g/mol. The third kappa shape index (κ3) is 6.97. The largest absolute Gasteiger partial charge is 0.480 e. The molecule has 1 aromatic heterocycles. The molecule has 3 rings (SSSR count). The lowest BCUT2D eigenvalue weighted by Crippen LogP contribution is -2.41. The number of aliphatic carboxylic acids is 1. The molecular formula is C26H29NO5S. The van der Waals surface area contributed by atoms with Crippen molar-refractivity contribution in [1.82, 2.24) is 5.32 Å². The zero-order chi connectivity index (χ0) is 23.6. The third-order valence-electron chi connectivity index (χ3n) is 5.32. The van der Waals surface area contributed by atoms with E-state index in [1.807, 2.05) is 61.7 Å². The topological polar surface area (TPSA) is 88.8 Å². The third-order valence-corrected chi connectivity index (χ3v) is 5.96. The lowest BCUT2D eigenvalue weighted by Gasteiger charge is -2.17. The van der Waals surface area contributed by atoms with Crippen LogP contribution in [0.3, 0.4) is 0 Å². The van der Waals surface area contributed by atoms with E-state index in [0.717, 1.165) is 28.0 Å². The first-order chi connectivity index (χ1) is 16.0. The number of amides is 1. The van der Waals surface area contributed by atoms with Crippen molar-refractivity contribution in [3.63, 3.8) is 0 Å². The molecule has 174 valence electrons. The summed E-state index contributed by atoms with van der Waals surface area (Å²) >= 11 is 1.55. The van der Waals surface area contributed by atoms with Gasteiger partial charge in [0.2, 0.25) is 0 Å². The Morgan fingerprint density at radius 2 is 1.94 bits per heavy atom. The summed E-state index contributed by atoms with van der Waals surface area (Å²) in [6, 6.07) is 16.2. The number of hydrogen-bond donors (Lipinski definition) is 2. The Morgan fingerprint density at radius 1 is 1.12 bits per heavy atom. The molecule has 0 spiro atoms. The quantitative estimate of drug-likeness (QED) is 0.367. The Balaban J connectivity index is 1.80. The Hall–Kier alpha value is -3.03. The van der Waals surface area contributed by atoms with Crippen molar-refractivity contribution in [2.45, 2.75) is 32.4 Å². The number of hydrogen-bond acceptors (Lipinski definition) is 5. The number of carboxylic acids is 1. The van der Waals surface area contributed by atoms with Crippen molar-refractivity contribution in [3.05, 3.63) is 83.3 Å². The smallest absolute Gasteiger partial charge is 0.326 e. The number of thioether (sulfide) groups is 1. The van der Waals surface area contributed by atoms with Crippen LogP contribution in [0.4, 0.5) is 0 Å². The zero-order valence-electron chi connectivity index (χ0n) is 18.9. The number of nitrogens with one attached hydrogen (secondary N) is 1. The summed E-state index contributed by atoms with van der Waals surface area (Å²) in [7, 11) is 0. The predicted octanol–water partition coefficient (Wildman–Crippen LogP) is 4.95. The van der Waals surface area contributed by atoms with E-state index < -0.39 is 17.9 Å². The van der Waals surface area contributed by atoms with E-state index in [9.17, 15) is 14.7 Å². The van der Waals surface area contributed by atoms with Crippen molar-refractivity contribution in [1.29, 1.82) is 0 Å². The minimum absolute atomic E-state index is 0.365. The number of ether oxygens (including phenoxy) is 1. The fourth-order valence-electron chi connectivity index (χ4n) is 3.52. The molecule has 0 aliphatic heterocycles. The molecule has 1 atom stereocenters. The number of carbonyl (C=O) groups excluding carboxylic acids is 1. The summed E-state index contributed by atoms with van der Waals surface area (Å²) < 4.78 is 11.1. The van der Waals surface area contributed by atoms with Gasteiger partial charge in [-0.1, -0.05) is 30.3 Å². The second kappa shape index (κ2) is 12.3. The van der Waals surface area contributed by atoms with Gasteiger partial charge in [-0.3, -0.25) is 4.79 Å². The Morgan fingerprint density at radius 3 is 2.64 bits per heavy atom. The van der Waals surface area contributed by atoms with Crippen LogP contribution in [0.15, 0.2) is 65.3 Å². The molecule has 0 radical (unpaired) electrons. The van der Waals surface area contributed by atoms with Crippen LogP contribution in [0.1, 0.15) is 33.7 Å². The highest BCUT2D eigenvalue weighted by molar-refractivity contribution is 7.98. The average Bonchev–Trinajstić information content (AvgIpc) is 3.33. The number of aryl methyl sites for hydroxylation is 1. The van der Waals surface area contributed by atoms with Gasteiger partial charge in [0.15, 0.2) is 0 Å². The summed E-state index contributed by atoms with van der Waals surface area (Å²) in [6.07, 6.45) is 4.60. The number of carboxylic acid groups (broad SMARTS) is 1. The second-order valence-corrected chi connectivity index (χ2v) is 8.71. The number of benzene rings is 2. The molecule has 7 heteroatoms. The van der Waals surface area contributed by atoms with Crippen molar-refractivity contribution >= 4 is 23.6 Å². The van der Waals surface area contributed by atoms with Crippen LogP contribution in [0.5, 0.6) is 0 Å². The molecule has 1 amide bonds. The lowest BCUT2D eigenvalue weighted by molar-refractivity contribution is -0.139. The van der Waals surface area contributed by atoms with Gasteiger partial charge in [0.25, 0.3) is 5.91 Å². The van der Waals surface area contributed by atoms with Crippen LogP contribution in [0.2, 0.25) is 0 Å². The van der Waals surface area contributed by atoms with Gasteiger partial charge in [0.05, 0.1) is 19.5 Å². The molecule has 1 heterocycles. The fourth-order valence-corrected chi connectivity index (χ4v) is 4.00. The molecule has 0 bridgehead atoms. The van der Waals surface area contributed by atoms with Gasteiger partial charge in [0, 0.05) is 12.0 Å². The summed E-state index contributed by atoms with van der Waals surface area (Å²) in [4.78, 5) is 24.7. The van der Waals surface area contributed by atoms with Crippen LogP contribution >= 0.6 is 11.8 Å². The molecule has 2 N–H and O–H groups in total. The summed E-state index contributed by atoms with van der Waals surface area (Å²) in [5.41, 5.74) is 4.09. The molecule has 0 saturated heterocycles. The molecule has 0 unspecified atom stereocenters. The van der Waals surface area contributed by atoms with E-state index in [4.69, 9.17) is 9.15 Å². The van der Waals surface area contributed by atoms with Gasteiger partial charge in [-0.2, -0.15) is 11.8 Å². The van der Waals surface area contributed by atoms with Crippen LogP contribution in [0, 0.1) is 6.92 Å². The van der Waals surface area contributed by atoms with E-state index in [2.05, 4.69) is 5.32 Å². The van der Waals surface area contributed by atoms with Gasteiger partial charge in [0.1, 0.15) is 11.8 Å². The minimum atomic E-state index is -1.03. The fraction of sp³-hybridized carbons (Fsp3) is 0.308. The SMILES string of the molecule is CSCC[C@H](NC(=O)c1ccc(COCCc2ccco2)cc1-c1ccccc1C)C(=O)O. The van der Waals surface area contributed by atoms with Crippen molar-refractivity contribution < 1.29 is 23.8 Å². The Bertz CT molecular complexity index is 1060. The van der Waals surface area contributed by atoms with Crippen LogP contribution < -0.4 is 5.32 Å². The second-order valence-electron chi connectivity index (χ2n) is 7.72. The molecular weight excluding hydrogens is 438 g/mol. The number of rotatable bonds is 12. The van der Waals surface area contributed by atoms with Crippen LogP contribution in [-0.4, -0.2) is 41.6 Å². The first kappa shape index (κ1) is 24.6. The molecule has 6 nitrogen and oxygen atoms in total. The first-order valence-corrected chi connectivity index (χ1v) is 12.2. The predicted molar refractivity (Wildman–Crippen MR) is 131 cm³/mol. The molecule has 0 saturated carbocycles. The number of furan rings is 1. The lowest BCUT2D eigenvalue weighted by atomic mass is 9.93. The maximum atomic E-state index is 13.1. The number of carbonyl (C=O) groups is 2. The van der Waals surface area contributed by atoms with Crippen molar-refractivity contribution in [3.8, 4) is 11.1 Å². The molecule has 33 heavy (non-hydrogen) atoms. The van der Waals surface area contributed by atoms with E-state index >= 15 is 0 Å². The molecule has 0 aliphatic rings. The van der Waals surface area contributed by atoms with E-state index in [1.54, 1.807) is 24.1 Å². The van der Waals surface area contributed by atoms with E-state index in [-0.39, 0.29) is 0 Å². The molecule has 0 aliphatic carbocycles. The monoisotopic (exact) mass is 467 g/mol. The highest BCUT2D eigenvalue weighted by atomic mass is 32.2. The maximum Gasteiger partial charge on any atom is 0.326 e. The maximum absolute atomic E-state index is 13.1. The van der Waals surface area contributed by atoms with Crippen molar-refractivity contribution in [2.75, 3.05) is 18.6 Å². The normalized spacial score (nSPS) is 11.8. The first-order valence-electron chi connectivity index (χ1n) is 10.8. The van der Waals surface area contributed by atoms with Gasteiger partial charge in [-0.05, 0) is 71.9 Å². The van der Waals surface area contributed by atoms with Gasteiger partial charge < -0.3 is 19.6 Å². The summed E-state index contributed by atoms with van der Waals surface area (Å²) in [5, 5.41) is 12.2. The standard InChI is InChI=1S/C26H29NO5S/c1-18-6-3-4-8-21(18)23-16-19(17-31-14-11-20-7-5-13-32-20)9-10-22(23)25(28)27-24(26(29)30)12-15-33-2/h3-10,13,16,24H,11-12,14-15,17H2,1-2H3,(H,27,28)(H,29,30)/t24-/m0/s1.